The standard InChI is InChI=1S/C13H23NO7/c1-12(20,6-10(16)17)5-9(15)13(21,7-11(18)19)8-14(2,3)4/h20-21H,5-8H2,1-4H3,(H-,16,17,18,19). The Kier molecular flexibility index (Phi) is 6.04. The fourth-order valence-corrected chi connectivity index (χ4v) is 2.16. The number of ketones is 1. The van der Waals surface area contributed by atoms with Gasteiger partial charge < -0.3 is 29.7 Å². The molecule has 0 bridgehead atoms. The summed E-state index contributed by atoms with van der Waals surface area (Å²) in [5.74, 6) is -3.83. The summed E-state index contributed by atoms with van der Waals surface area (Å²) < 4.78 is 0.108. The van der Waals surface area contributed by atoms with Crippen molar-refractivity contribution >= 4 is 17.7 Å². The summed E-state index contributed by atoms with van der Waals surface area (Å²) in [5, 5.41) is 39.6. The smallest absolute Gasteiger partial charge is 0.306 e. The predicted molar refractivity (Wildman–Crippen MR) is 70.0 cm³/mol. The van der Waals surface area contributed by atoms with Gasteiger partial charge in [0.25, 0.3) is 0 Å². The summed E-state index contributed by atoms with van der Waals surface area (Å²) in [7, 11) is 4.97. The molecule has 0 saturated heterocycles. The number of Topliss-reactive ketones (excluding diaryl/α,β-unsaturated/α-hetero) is 1. The number of hydrogen-bond donors (Lipinski definition) is 3. The number of hydrogen-bond acceptors (Lipinski definition) is 6. The molecular weight excluding hydrogens is 282 g/mol. The van der Waals surface area contributed by atoms with E-state index in [9.17, 15) is 29.7 Å². The van der Waals surface area contributed by atoms with E-state index in [-0.39, 0.29) is 11.0 Å². The molecule has 0 aromatic heterocycles. The van der Waals surface area contributed by atoms with Gasteiger partial charge in [-0.15, -0.1) is 0 Å². The van der Waals surface area contributed by atoms with Gasteiger partial charge in [0.05, 0.1) is 33.2 Å². The first-order valence-electron chi connectivity index (χ1n) is 6.37. The molecule has 0 aliphatic rings. The molecule has 0 fully saturated rings. The summed E-state index contributed by atoms with van der Waals surface area (Å²) in [6, 6.07) is 0. The van der Waals surface area contributed by atoms with Crippen LogP contribution >= 0.6 is 0 Å². The van der Waals surface area contributed by atoms with Gasteiger partial charge in [0.2, 0.25) is 0 Å². The van der Waals surface area contributed by atoms with Gasteiger partial charge in [0, 0.05) is 18.8 Å². The van der Waals surface area contributed by atoms with Crippen LogP contribution in [0.1, 0.15) is 26.2 Å². The maximum Gasteiger partial charge on any atom is 0.306 e. The molecule has 0 rings (SSSR count). The van der Waals surface area contributed by atoms with Crippen molar-refractivity contribution in [2.75, 3.05) is 27.7 Å². The van der Waals surface area contributed by atoms with Crippen LogP contribution in [0, 0.1) is 0 Å². The number of carboxylic acid groups (broad SMARTS) is 2. The Hall–Kier alpha value is -1.51. The molecule has 0 amide bonds. The molecule has 2 atom stereocenters. The molecule has 0 aliphatic heterocycles. The molecule has 0 spiro atoms. The van der Waals surface area contributed by atoms with E-state index in [1.165, 1.54) is 0 Å². The second-order valence-electron chi connectivity index (χ2n) is 6.70. The van der Waals surface area contributed by atoms with Gasteiger partial charge in [-0.1, -0.05) is 0 Å². The molecule has 3 N–H and O–H groups in total. The van der Waals surface area contributed by atoms with Gasteiger partial charge in [-0.3, -0.25) is 9.59 Å². The summed E-state index contributed by atoms with van der Waals surface area (Å²) in [6.07, 6.45) is -2.27. The Balaban J connectivity index is 5.21. The first-order chi connectivity index (χ1) is 9.17. The van der Waals surface area contributed by atoms with Crippen LogP contribution in [-0.4, -0.2) is 76.4 Å². The number of rotatable bonds is 9. The molecule has 122 valence electrons. The Labute approximate surface area is 123 Å². The summed E-state index contributed by atoms with van der Waals surface area (Å²) in [6.45, 7) is 0.938. The van der Waals surface area contributed by atoms with Crippen LogP contribution in [0.3, 0.4) is 0 Å². The number of quaternary nitrogens is 1. The van der Waals surface area contributed by atoms with Crippen molar-refractivity contribution in [2.24, 2.45) is 0 Å². The maximum atomic E-state index is 12.2. The van der Waals surface area contributed by atoms with E-state index in [1.807, 2.05) is 0 Å². The monoisotopic (exact) mass is 305 g/mol. The zero-order valence-electron chi connectivity index (χ0n) is 12.8. The number of carbonyl (C=O) groups excluding carboxylic acids is 2. The zero-order valence-corrected chi connectivity index (χ0v) is 12.8. The highest BCUT2D eigenvalue weighted by atomic mass is 16.4. The van der Waals surface area contributed by atoms with E-state index >= 15 is 0 Å². The van der Waals surface area contributed by atoms with Crippen molar-refractivity contribution < 1.29 is 39.3 Å². The fraction of sp³-hybridized carbons (Fsp3) is 0.769. The van der Waals surface area contributed by atoms with Gasteiger partial charge in [-0.25, -0.2) is 0 Å². The Bertz CT molecular complexity index is 425. The van der Waals surface area contributed by atoms with Crippen molar-refractivity contribution in [3.05, 3.63) is 0 Å². The van der Waals surface area contributed by atoms with Gasteiger partial charge in [-0.2, -0.15) is 0 Å². The van der Waals surface area contributed by atoms with Crippen LogP contribution in [0.25, 0.3) is 0 Å². The second kappa shape index (κ2) is 6.50. The van der Waals surface area contributed by atoms with Crippen molar-refractivity contribution in [1.29, 1.82) is 0 Å². The van der Waals surface area contributed by atoms with E-state index in [1.54, 1.807) is 21.1 Å². The largest absolute Gasteiger partial charge is 0.550 e. The molecular formula is C13H23NO7. The van der Waals surface area contributed by atoms with Crippen molar-refractivity contribution in [2.45, 2.75) is 37.4 Å². The van der Waals surface area contributed by atoms with Crippen molar-refractivity contribution in [3.63, 3.8) is 0 Å². The minimum Gasteiger partial charge on any atom is -0.550 e. The van der Waals surface area contributed by atoms with E-state index in [2.05, 4.69) is 0 Å². The zero-order chi connectivity index (χ0) is 17.1. The average Bonchev–Trinajstić information content (AvgIpc) is 2.08. The quantitative estimate of drug-likeness (QED) is 0.409. The van der Waals surface area contributed by atoms with Crippen molar-refractivity contribution in [3.8, 4) is 0 Å². The summed E-state index contributed by atoms with van der Waals surface area (Å²) >= 11 is 0. The molecule has 0 aromatic rings. The van der Waals surface area contributed by atoms with Crippen LogP contribution in [0.5, 0.6) is 0 Å². The van der Waals surface area contributed by atoms with E-state index in [4.69, 9.17) is 5.11 Å². The maximum absolute atomic E-state index is 12.2. The van der Waals surface area contributed by atoms with Gasteiger partial charge in [0.15, 0.2) is 11.4 Å². The normalized spacial score (nSPS) is 17.6. The van der Waals surface area contributed by atoms with Crippen LogP contribution in [0.15, 0.2) is 0 Å². The molecule has 21 heavy (non-hydrogen) atoms. The Morgan fingerprint density at radius 3 is 1.86 bits per heavy atom. The highest BCUT2D eigenvalue weighted by molar-refractivity contribution is 5.91. The molecule has 2 unspecified atom stereocenters. The van der Waals surface area contributed by atoms with Crippen molar-refractivity contribution in [1.82, 2.24) is 0 Å². The third kappa shape index (κ3) is 7.74. The van der Waals surface area contributed by atoms with Gasteiger partial charge in [-0.05, 0) is 6.92 Å². The third-order valence-corrected chi connectivity index (χ3v) is 2.77. The molecule has 8 heteroatoms. The lowest BCUT2D eigenvalue weighted by Gasteiger charge is -2.36. The van der Waals surface area contributed by atoms with Crippen LogP contribution < -0.4 is 5.11 Å². The predicted octanol–water partition coefficient (Wildman–Crippen LogP) is -2.25. The molecule has 0 aromatic carbocycles. The first-order valence-corrected chi connectivity index (χ1v) is 6.37. The number of nitrogens with zero attached hydrogens (tertiary/aromatic N) is 1. The van der Waals surface area contributed by atoms with Gasteiger partial charge >= 0.3 is 5.97 Å². The second-order valence-corrected chi connectivity index (χ2v) is 6.70. The van der Waals surface area contributed by atoms with Gasteiger partial charge in [0.1, 0.15) is 6.54 Å². The van der Waals surface area contributed by atoms with Crippen LogP contribution in [0.4, 0.5) is 0 Å². The molecule has 0 radical (unpaired) electrons. The minimum absolute atomic E-state index is 0.108. The highest BCUT2D eigenvalue weighted by Crippen LogP contribution is 2.23. The fourth-order valence-electron chi connectivity index (χ4n) is 2.16. The number of likely N-dealkylation sites (N-methyl/N-ethyl adjacent to an activating group) is 1. The lowest BCUT2D eigenvalue weighted by molar-refractivity contribution is -0.875. The summed E-state index contributed by atoms with van der Waals surface area (Å²) in [4.78, 5) is 33.5. The summed E-state index contributed by atoms with van der Waals surface area (Å²) in [5.41, 5.74) is -4.09. The van der Waals surface area contributed by atoms with Crippen LogP contribution in [-0.2, 0) is 14.4 Å². The van der Waals surface area contributed by atoms with E-state index in [0.29, 0.717) is 0 Å². The average molecular weight is 305 g/mol. The van der Waals surface area contributed by atoms with Crippen LogP contribution in [0.2, 0.25) is 0 Å². The Morgan fingerprint density at radius 2 is 1.52 bits per heavy atom. The molecule has 0 aliphatic carbocycles. The lowest BCUT2D eigenvalue weighted by Crippen LogP contribution is -2.57. The van der Waals surface area contributed by atoms with E-state index in [0.717, 1.165) is 6.92 Å². The lowest BCUT2D eigenvalue weighted by atomic mass is 9.84. The Morgan fingerprint density at radius 1 is 1.05 bits per heavy atom. The first kappa shape index (κ1) is 19.5. The SMILES string of the molecule is CC(O)(CC(=O)O)CC(=O)C(O)(CC(=O)[O-])C[N+](C)(C)C. The van der Waals surface area contributed by atoms with E-state index < -0.39 is 48.2 Å². The minimum atomic E-state index is -2.22. The number of aliphatic hydroxyl groups is 2. The third-order valence-electron chi connectivity index (χ3n) is 2.77. The number of carboxylic acids is 2. The number of carbonyl (C=O) groups is 3. The highest BCUT2D eigenvalue weighted by Gasteiger charge is 2.43. The topological polar surface area (TPSA) is 135 Å². The molecule has 0 saturated carbocycles. The molecule has 0 heterocycles. The number of aliphatic carboxylic acids is 2. The molecule has 8 nitrogen and oxygen atoms in total.